The lowest BCUT2D eigenvalue weighted by atomic mass is 10.2. The van der Waals surface area contributed by atoms with Crippen molar-refractivity contribution in [3.05, 3.63) is 42.5 Å². The van der Waals surface area contributed by atoms with Crippen molar-refractivity contribution in [2.75, 3.05) is 6.79 Å². The summed E-state index contributed by atoms with van der Waals surface area (Å²) in [7, 11) is 0. The van der Waals surface area contributed by atoms with Crippen LogP contribution >= 0.6 is 0 Å². The Morgan fingerprint density at radius 1 is 1.14 bits per heavy atom. The molecule has 0 aliphatic carbocycles. The highest BCUT2D eigenvalue weighted by atomic mass is 16.7. The quantitative estimate of drug-likeness (QED) is 0.742. The number of hydrogen-bond donors (Lipinski definition) is 0. The fourth-order valence-electron chi connectivity index (χ4n) is 2.72. The maximum absolute atomic E-state index is 8.91. The molecule has 1 aliphatic heterocycles. The third-order valence-electron chi connectivity index (χ3n) is 3.73. The van der Waals surface area contributed by atoms with Crippen molar-refractivity contribution in [3.63, 3.8) is 0 Å². The summed E-state index contributed by atoms with van der Waals surface area (Å²) in [4.78, 5) is 4.72. The summed E-state index contributed by atoms with van der Waals surface area (Å²) in [6.07, 6.45) is 0.442. The molecule has 0 saturated heterocycles. The van der Waals surface area contributed by atoms with Gasteiger partial charge in [0.15, 0.2) is 11.5 Å². The van der Waals surface area contributed by atoms with E-state index in [-0.39, 0.29) is 6.79 Å². The number of nitriles is 1. The minimum Gasteiger partial charge on any atom is -0.454 e. The number of fused-ring (bicyclic) bond motifs is 2. The molecule has 1 aromatic heterocycles. The maximum Gasteiger partial charge on any atom is 0.231 e. The molecular weight excluding hydrogens is 278 g/mol. The van der Waals surface area contributed by atoms with E-state index >= 15 is 0 Å². The molecule has 0 unspecified atom stereocenters. The van der Waals surface area contributed by atoms with Crippen molar-refractivity contribution in [3.8, 4) is 29.0 Å². The Hall–Kier alpha value is -3.00. The van der Waals surface area contributed by atoms with E-state index in [0.29, 0.717) is 13.0 Å². The second kappa shape index (κ2) is 5.08. The highest BCUT2D eigenvalue weighted by Gasteiger charge is 2.17. The molecule has 1 aliphatic rings. The lowest BCUT2D eigenvalue weighted by Crippen LogP contribution is -2.00. The second-order valence-electron chi connectivity index (χ2n) is 5.05. The number of aromatic nitrogens is 2. The normalized spacial score (nSPS) is 12.5. The van der Waals surface area contributed by atoms with Crippen molar-refractivity contribution in [2.45, 2.75) is 13.0 Å². The Morgan fingerprint density at radius 3 is 2.91 bits per heavy atom. The first-order valence-corrected chi connectivity index (χ1v) is 7.09. The Morgan fingerprint density at radius 2 is 2.00 bits per heavy atom. The van der Waals surface area contributed by atoms with Gasteiger partial charge in [-0.05, 0) is 30.3 Å². The van der Waals surface area contributed by atoms with Gasteiger partial charge in [0, 0.05) is 12.1 Å². The van der Waals surface area contributed by atoms with Gasteiger partial charge in [-0.1, -0.05) is 12.1 Å². The monoisotopic (exact) mass is 291 g/mol. The number of aryl methyl sites for hydroxylation is 1. The molecule has 2 heterocycles. The first-order chi connectivity index (χ1) is 10.9. The zero-order valence-corrected chi connectivity index (χ0v) is 11.8. The highest BCUT2D eigenvalue weighted by molar-refractivity contribution is 5.81. The lowest BCUT2D eigenvalue weighted by Gasteiger charge is -2.07. The number of benzene rings is 2. The van der Waals surface area contributed by atoms with Crippen molar-refractivity contribution < 1.29 is 9.47 Å². The molecule has 4 rings (SSSR count). The van der Waals surface area contributed by atoms with Crippen LogP contribution in [-0.2, 0) is 6.54 Å². The molecule has 5 heteroatoms. The molecule has 0 spiro atoms. The molecule has 0 bridgehead atoms. The van der Waals surface area contributed by atoms with E-state index in [1.165, 1.54) is 0 Å². The van der Waals surface area contributed by atoms with Crippen molar-refractivity contribution in [1.29, 1.82) is 5.26 Å². The molecule has 22 heavy (non-hydrogen) atoms. The van der Waals surface area contributed by atoms with Crippen LogP contribution in [0, 0.1) is 11.3 Å². The summed E-state index contributed by atoms with van der Waals surface area (Å²) in [6, 6.07) is 16.0. The van der Waals surface area contributed by atoms with Gasteiger partial charge in [-0.25, -0.2) is 4.98 Å². The van der Waals surface area contributed by atoms with E-state index in [1.54, 1.807) is 0 Å². The molecular formula is C17H13N3O2. The molecule has 0 atom stereocenters. The van der Waals surface area contributed by atoms with Gasteiger partial charge < -0.3 is 14.0 Å². The smallest absolute Gasteiger partial charge is 0.231 e. The van der Waals surface area contributed by atoms with Crippen LogP contribution < -0.4 is 9.47 Å². The SMILES string of the molecule is N#CCCn1c(-c2ccc3c(c2)OCO3)nc2ccccc21. The third kappa shape index (κ3) is 1.97. The van der Waals surface area contributed by atoms with Gasteiger partial charge in [0.25, 0.3) is 0 Å². The second-order valence-corrected chi connectivity index (χ2v) is 5.05. The van der Waals surface area contributed by atoms with Gasteiger partial charge in [-0.3, -0.25) is 0 Å². The van der Waals surface area contributed by atoms with Crippen LogP contribution in [0.3, 0.4) is 0 Å². The molecule has 5 nitrogen and oxygen atoms in total. The van der Waals surface area contributed by atoms with Crippen LogP contribution in [0.4, 0.5) is 0 Å². The number of rotatable bonds is 3. The zero-order chi connectivity index (χ0) is 14.9. The largest absolute Gasteiger partial charge is 0.454 e. The molecule has 0 amide bonds. The van der Waals surface area contributed by atoms with Crippen LogP contribution in [-0.4, -0.2) is 16.3 Å². The highest BCUT2D eigenvalue weighted by Crippen LogP contribution is 2.36. The lowest BCUT2D eigenvalue weighted by molar-refractivity contribution is 0.174. The van der Waals surface area contributed by atoms with Crippen LogP contribution in [0.5, 0.6) is 11.5 Å². The summed E-state index contributed by atoms with van der Waals surface area (Å²) < 4.78 is 12.9. The molecule has 0 saturated carbocycles. The Kier molecular flexibility index (Phi) is 2.94. The van der Waals surface area contributed by atoms with Gasteiger partial charge in [-0.2, -0.15) is 5.26 Å². The number of imidazole rings is 1. The number of ether oxygens (including phenoxy) is 2. The van der Waals surface area contributed by atoms with E-state index < -0.39 is 0 Å². The van der Waals surface area contributed by atoms with Gasteiger partial charge in [0.1, 0.15) is 5.82 Å². The minimum absolute atomic E-state index is 0.254. The molecule has 3 aromatic rings. The molecule has 0 N–H and O–H groups in total. The predicted molar refractivity (Wildman–Crippen MR) is 81.5 cm³/mol. The third-order valence-corrected chi connectivity index (χ3v) is 3.73. The Balaban J connectivity index is 1.88. The molecule has 0 fully saturated rings. The predicted octanol–water partition coefficient (Wildman–Crippen LogP) is 3.35. The van der Waals surface area contributed by atoms with E-state index in [2.05, 4.69) is 10.6 Å². The fraction of sp³-hybridized carbons (Fsp3) is 0.176. The summed E-state index contributed by atoms with van der Waals surface area (Å²) >= 11 is 0. The number of nitrogens with zero attached hydrogens (tertiary/aromatic N) is 3. The molecule has 108 valence electrons. The number of para-hydroxylation sites is 2. The standard InChI is InChI=1S/C17H13N3O2/c18-8-3-9-20-14-5-2-1-4-13(14)19-17(20)12-6-7-15-16(10-12)22-11-21-15/h1-2,4-7,10H,3,9,11H2. The van der Waals surface area contributed by atoms with Gasteiger partial charge >= 0.3 is 0 Å². The summed E-state index contributed by atoms with van der Waals surface area (Å²) in [5.41, 5.74) is 2.91. The Bertz CT molecular complexity index is 893. The molecule has 2 aromatic carbocycles. The first kappa shape index (κ1) is 12.7. The van der Waals surface area contributed by atoms with Gasteiger partial charge in [0.05, 0.1) is 23.5 Å². The van der Waals surface area contributed by atoms with Crippen molar-refractivity contribution in [2.24, 2.45) is 0 Å². The number of hydrogen-bond acceptors (Lipinski definition) is 4. The zero-order valence-electron chi connectivity index (χ0n) is 11.8. The van der Waals surface area contributed by atoms with Gasteiger partial charge in [0.2, 0.25) is 6.79 Å². The summed E-state index contributed by atoms with van der Waals surface area (Å²) in [6.45, 7) is 0.865. The average Bonchev–Trinajstić information content (AvgIpc) is 3.16. The van der Waals surface area contributed by atoms with Crippen LogP contribution in [0.2, 0.25) is 0 Å². The average molecular weight is 291 g/mol. The van der Waals surface area contributed by atoms with E-state index in [0.717, 1.165) is 33.9 Å². The van der Waals surface area contributed by atoms with Crippen LogP contribution in [0.25, 0.3) is 22.4 Å². The van der Waals surface area contributed by atoms with Gasteiger partial charge in [-0.15, -0.1) is 0 Å². The molecule has 0 radical (unpaired) electrons. The summed E-state index contributed by atoms with van der Waals surface area (Å²) in [5, 5.41) is 8.91. The minimum atomic E-state index is 0.254. The first-order valence-electron chi connectivity index (χ1n) is 7.09. The fourth-order valence-corrected chi connectivity index (χ4v) is 2.72. The van der Waals surface area contributed by atoms with E-state index in [4.69, 9.17) is 19.7 Å². The maximum atomic E-state index is 8.91. The van der Waals surface area contributed by atoms with Crippen molar-refractivity contribution in [1.82, 2.24) is 9.55 Å². The van der Waals surface area contributed by atoms with E-state index in [9.17, 15) is 0 Å². The Labute approximate surface area is 127 Å². The van der Waals surface area contributed by atoms with Crippen LogP contribution in [0.1, 0.15) is 6.42 Å². The van der Waals surface area contributed by atoms with Crippen LogP contribution in [0.15, 0.2) is 42.5 Å². The van der Waals surface area contributed by atoms with E-state index in [1.807, 2.05) is 42.5 Å². The summed E-state index contributed by atoms with van der Waals surface area (Å²) in [5.74, 6) is 2.33. The van der Waals surface area contributed by atoms with Crippen molar-refractivity contribution >= 4 is 11.0 Å². The topological polar surface area (TPSA) is 60.1 Å².